The Labute approximate surface area is 133 Å². The zero-order valence-corrected chi connectivity index (χ0v) is 13.7. The molecule has 1 heterocycles. The van der Waals surface area contributed by atoms with Crippen LogP contribution >= 0.6 is 11.6 Å². The van der Waals surface area contributed by atoms with Crippen LogP contribution in [-0.2, 0) is 28.7 Å². The van der Waals surface area contributed by atoms with E-state index < -0.39 is 10.4 Å². The third-order valence-corrected chi connectivity index (χ3v) is 3.09. The van der Waals surface area contributed by atoms with Crippen molar-refractivity contribution in [3.63, 3.8) is 0 Å². The molecule has 0 aliphatic carbocycles. The van der Waals surface area contributed by atoms with Gasteiger partial charge in [0.15, 0.2) is 0 Å². The van der Waals surface area contributed by atoms with Crippen molar-refractivity contribution in [3.8, 4) is 0 Å². The molecule has 10 heteroatoms. The van der Waals surface area contributed by atoms with Gasteiger partial charge in [0.25, 0.3) is 0 Å². The second kappa shape index (κ2) is 7.99. The summed E-state index contributed by atoms with van der Waals surface area (Å²) in [4.78, 5) is 0. The molecule has 0 aliphatic rings. The number of hydrogen-bond donors (Lipinski definition) is 0. The molecule has 0 radical (unpaired) electrons. The van der Waals surface area contributed by atoms with E-state index in [9.17, 15) is 13.0 Å². The molecule has 0 atom stereocenters. The molecule has 2 aromatic rings. The number of hydrogen-bond acceptors (Lipinski definition) is 6. The minimum atomic E-state index is -4.41. The Kier molecular flexibility index (Phi) is 6.62. The van der Waals surface area contributed by atoms with Crippen molar-refractivity contribution in [1.82, 2.24) is 4.57 Å². The van der Waals surface area contributed by atoms with Gasteiger partial charge >= 0.3 is 5.95 Å². The highest BCUT2D eigenvalue weighted by Gasteiger charge is 2.09. The van der Waals surface area contributed by atoms with Crippen molar-refractivity contribution >= 4 is 33.6 Å². The SMILES string of the molecule is COS(=O)(=O)[O-].Cn1cc[n+](C)c1N=Nc1ccc(Cl)cc1. The van der Waals surface area contributed by atoms with Crippen molar-refractivity contribution in [3.05, 3.63) is 41.7 Å². The number of imidazole rings is 1. The number of halogens is 1. The van der Waals surface area contributed by atoms with Gasteiger partial charge in [-0.05, 0) is 24.3 Å². The van der Waals surface area contributed by atoms with E-state index in [4.69, 9.17) is 11.6 Å². The van der Waals surface area contributed by atoms with Crippen LogP contribution < -0.4 is 4.57 Å². The van der Waals surface area contributed by atoms with Crippen molar-refractivity contribution in [2.75, 3.05) is 7.11 Å². The predicted molar refractivity (Wildman–Crippen MR) is 78.9 cm³/mol. The van der Waals surface area contributed by atoms with Crippen LogP contribution in [0.1, 0.15) is 0 Å². The van der Waals surface area contributed by atoms with Gasteiger partial charge < -0.3 is 4.55 Å². The van der Waals surface area contributed by atoms with Crippen LogP contribution in [0.25, 0.3) is 0 Å². The fourth-order valence-electron chi connectivity index (χ4n) is 1.33. The first-order chi connectivity index (χ1) is 10.2. The molecule has 0 saturated heterocycles. The third-order valence-electron chi connectivity index (χ3n) is 2.43. The van der Waals surface area contributed by atoms with Crippen LogP contribution in [-0.4, -0.2) is 24.6 Å². The molecule has 22 heavy (non-hydrogen) atoms. The largest absolute Gasteiger partial charge is 0.726 e. The number of aromatic nitrogens is 2. The lowest BCUT2D eigenvalue weighted by Crippen LogP contribution is -2.25. The van der Waals surface area contributed by atoms with E-state index in [1.807, 2.05) is 47.8 Å². The molecule has 0 fully saturated rings. The van der Waals surface area contributed by atoms with E-state index >= 15 is 0 Å². The van der Waals surface area contributed by atoms with Crippen LogP contribution in [0.15, 0.2) is 46.9 Å². The first-order valence-corrected chi connectivity index (χ1v) is 7.64. The highest BCUT2D eigenvalue weighted by atomic mass is 35.5. The van der Waals surface area contributed by atoms with Gasteiger partial charge in [0, 0.05) is 10.1 Å². The summed E-state index contributed by atoms with van der Waals surface area (Å²) in [5.41, 5.74) is 0.783. The van der Waals surface area contributed by atoms with Crippen molar-refractivity contribution in [2.45, 2.75) is 0 Å². The van der Waals surface area contributed by atoms with Gasteiger partial charge in [-0.2, -0.15) is 0 Å². The molecule has 0 amide bonds. The summed E-state index contributed by atoms with van der Waals surface area (Å²) in [5, 5.41) is 9.01. The molecule has 120 valence electrons. The highest BCUT2D eigenvalue weighted by molar-refractivity contribution is 7.80. The summed E-state index contributed by atoms with van der Waals surface area (Å²) in [6.07, 6.45) is 3.85. The van der Waals surface area contributed by atoms with Gasteiger partial charge in [-0.25, -0.2) is 17.6 Å². The Morgan fingerprint density at radius 1 is 1.27 bits per heavy atom. The first-order valence-electron chi connectivity index (χ1n) is 5.92. The Morgan fingerprint density at radius 2 is 1.82 bits per heavy atom. The second-order valence-electron chi connectivity index (χ2n) is 4.07. The Balaban J connectivity index is 0.000000346. The predicted octanol–water partition coefficient (Wildman–Crippen LogP) is 2.01. The lowest BCUT2D eigenvalue weighted by molar-refractivity contribution is -0.657. The summed E-state index contributed by atoms with van der Waals surface area (Å²) in [6, 6.07) is 7.24. The van der Waals surface area contributed by atoms with Crippen LogP contribution in [0.5, 0.6) is 0 Å². The lowest BCUT2D eigenvalue weighted by Gasteiger charge is -1.98. The molecule has 0 unspecified atom stereocenters. The van der Waals surface area contributed by atoms with Gasteiger partial charge in [0.05, 0.1) is 33.6 Å². The lowest BCUT2D eigenvalue weighted by atomic mass is 10.3. The van der Waals surface area contributed by atoms with Gasteiger partial charge in [-0.1, -0.05) is 16.7 Å². The Bertz CT molecular complexity index is 721. The van der Waals surface area contributed by atoms with Crippen molar-refractivity contribution < 1.29 is 21.7 Å². The smallest absolute Gasteiger partial charge is 0.421 e. The van der Waals surface area contributed by atoms with Gasteiger partial charge in [-0.3, -0.25) is 4.18 Å². The fourth-order valence-corrected chi connectivity index (χ4v) is 1.46. The second-order valence-corrected chi connectivity index (χ2v) is 5.66. The van der Waals surface area contributed by atoms with E-state index in [1.54, 1.807) is 12.1 Å². The normalized spacial score (nSPS) is 11.3. The molecular formula is C12H15ClN4O4S. The zero-order valence-electron chi connectivity index (χ0n) is 12.2. The van der Waals surface area contributed by atoms with Crippen LogP contribution in [0.3, 0.4) is 0 Å². The summed E-state index contributed by atoms with van der Waals surface area (Å²) in [7, 11) is 0.249. The Morgan fingerprint density at radius 3 is 2.23 bits per heavy atom. The topological polar surface area (TPSA) is 100.0 Å². The third kappa shape index (κ3) is 6.31. The molecule has 0 saturated carbocycles. The molecule has 1 aromatic heterocycles. The monoisotopic (exact) mass is 346 g/mol. The fraction of sp³-hybridized carbons (Fsp3) is 0.250. The minimum absolute atomic E-state index is 0.698. The minimum Gasteiger partial charge on any atom is -0.726 e. The molecule has 0 spiro atoms. The maximum absolute atomic E-state index is 9.22. The Hall–Kier alpha value is -1.81. The molecule has 2 rings (SSSR count). The number of azo groups is 1. The molecule has 1 aromatic carbocycles. The molecular weight excluding hydrogens is 332 g/mol. The van der Waals surface area contributed by atoms with Gasteiger partial charge in [-0.15, -0.1) is 0 Å². The van der Waals surface area contributed by atoms with Crippen LogP contribution in [0, 0.1) is 0 Å². The number of aryl methyl sites for hydroxylation is 2. The van der Waals surface area contributed by atoms with Crippen molar-refractivity contribution in [2.24, 2.45) is 24.3 Å². The van der Waals surface area contributed by atoms with E-state index in [2.05, 4.69) is 14.4 Å². The van der Waals surface area contributed by atoms with Crippen LogP contribution in [0.2, 0.25) is 5.02 Å². The maximum atomic E-state index is 9.22. The first kappa shape index (κ1) is 18.2. The zero-order chi connectivity index (χ0) is 16.8. The molecule has 0 bridgehead atoms. The average Bonchev–Trinajstić information content (AvgIpc) is 2.78. The van der Waals surface area contributed by atoms with Crippen molar-refractivity contribution in [1.29, 1.82) is 0 Å². The van der Waals surface area contributed by atoms with Gasteiger partial charge in [0.1, 0.15) is 5.69 Å². The number of rotatable bonds is 3. The summed E-state index contributed by atoms with van der Waals surface area (Å²) in [5.74, 6) is 0.787. The van der Waals surface area contributed by atoms with E-state index in [-0.39, 0.29) is 0 Å². The standard InChI is InChI=1S/C11H12ClN4.CH4O4S/c1-15-7-8-16(2)11(15)14-13-10-5-3-9(12)4-6-10;1-5-6(2,3)4/h3-8H,1-2H3;1H3,(H,2,3,4)/q+1;/p-1. The molecule has 0 N–H and O–H groups in total. The molecule has 0 aliphatic heterocycles. The number of benzene rings is 1. The van der Waals surface area contributed by atoms with E-state index in [1.165, 1.54) is 0 Å². The van der Waals surface area contributed by atoms with Crippen LogP contribution in [0.4, 0.5) is 11.6 Å². The average molecular weight is 347 g/mol. The summed E-state index contributed by atoms with van der Waals surface area (Å²) >= 11 is 5.78. The molecule has 8 nitrogen and oxygen atoms in total. The maximum Gasteiger partial charge on any atom is 0.421 e. The highest BCUT2D eigenvalue weighted by Crippen LogP contribution is 2.18. The van der Waals surface area contributed by atoms with E-state index in [0.29, 0.717) is 5.02 Å². The van der Waals surface area contributed by atoms with E-state index in [0.717, 1.165) is 18.7 Å². The summed E-state index contributed by atoms with van der Waals surface area (Å²) in [6.45, 7) is 0. The quantitative estimate of drug-likeness (QED) is 0.367. The number of nitrogens with zero attached hydrogens (tertiary/aromatic N) is 4. The summed E-state index contributed by atoms with van der Waals surface area (Å²) < 4.78 is 34.8. The van der Waals surface area contributed by atoms with Gasteiger partial charge in [0.2, 0.25) is 10.4 Å².